The molecule has 3 aromatic rings. The Hall–Kier alpha value is -4.51. The Morgan fingerprint density at radius 1 is 0.959 bits per heavy atom. The Labute approximate surface area is 275 Å². The van der Waals surface area contributed by atoms with Crippen LogP contribution in [0.3, 0.4) is 0 Å². The molecule has 18 heteroatoms. The van der Waals surface area contributed by atoms with Crippen LogP contribution in [0, 0.1) is 0 Å². The van der Waals surface area contributed by atoms with Gasteiger partial charge in [0.1, 0.15) is 5.60 Å². The van der Waals surface area contributed by atoms with E-state index in [4.69, 9.17) is 4.74 Å². The number of nitrogens with zero attached hydrogens (tertiary/aromatic N) is 6. The highest BCUT2D eigenvalue weighted by atomic mass is 19.4. The van der Waals surface area contributed by atoms with Gasteiger partial charge in [-0.05, 0) is 79.8 Å². The van der Waals surface area contributed by atoms with Crippen molar-refractivity contribution in [3.05, 3.63) is 76.0 Å². The fourth-order valence-corrected chi connectivity index (χ4v) is 5.35. The van der Waals surface area contributed by atoms with Crippen LogP contribution in [-0.2, 0) is 43.3 Å². The van der Waals surface area contributed by atoms with Crippen LogP contribution in [0.25, 0.3) is 0 Å². The molecule has 9 nitrogen and oxygen atoms in total. The van der Waals surface area contributed by atoms with Crippen molar-refractivity contribution in [2.24, 2.45) is 7.05 Å². The highest BCUT2D eigenvalue weighted by Gasteiger charge is 2.39. The molecule has 4 rings (SSSR count). The average Bonchev–Trinajstić information content (AvgIpc) is 3.32. The van der Waals surface area contributed by atoms with Crippen LogP contribution in [0.5, 0.6) is 0 Å². The molecule has 0 radical (unpaired) electrons. The number of aryl methyl sites for hydroxylation is 2. The van der Waals surface area contributed by atoms with Crippen molar-refractivity contribution < 1.29 is 49.0 Å². The lowest BCUT2D eigenvalue weighted by Gasteiger charge is -2.33. The van der Waals surface area contributed by atoms with Crippen LogP contribution in [0.1, 0.15) is 73.5 Å². The Morgan fingerprint density at radius 3 is 2.10 bits per heavy atom. The first-order valence-corrected chi connectivity index (χ1v) is 15.0. The van der Waals surface area contributed by atoms with Gasteiger partial charge in [0, 0.05) is 31.5 Å². The number of nitrogens with one attached hydrogen (secondary N) is 1. The number of halogens is 9. The second-order valence-electron chi connectivity index (χ2n) is 12.3. The van der Waals surface area contributed by atoms with Crippen LogP contribution < -0.4 is 15.1 Å². The maximum absolute atomic E-state index is 14.3. The van der Waals surface area contributed by atoms with E-state index >= 15 is 0 Å². The molecule has 49 heavy (non-hydrogen) atoms. The fourth-order valence-electron chi connectivity index (χ4n) is 5.35. The number of hydrogen-bond acceptors (Lipinski definition) is 7. The lowest BCUT2D eigenvalue weighted by atomic mass is 9.93. The highest BCUT2D eigenvalue weighted by Crippen LogP contribution is 2.44. The monoisotopic (exact) mass is 707 g/mol. The van der Waals surface area contributed by atoms with Gasteiger partial charge in [-0.3, -0.25) is 0 Å². The van der Waals surface area contributed by atoms with Crippen LogP contribution in [0.4, 0.5) is 55.9 Å². The lowest BCUT2D eigenvalue weighted by Crippen LogP contribution is -2.37. The quantitative estimate of drug-likeness (QED) is 0.239. The van der Waals surface area contributed by atoms with E-state index in [2.05, 4.69) is 20.7 Å². The number of aromatic nitrogens is 4. The van der Waals surface area contributed by atoms with Gasteiger partial charge >= 0.3 is 24.6 Å². The molecule has 1 aliphatic rings. The van der Waals surface area contributed by atoms with E-state index in [0.717, 1.165) is 10.9 Å². The van der Waals surface area contributed by atoms with Crippen LogP contribution in [0.2, 0.25) is 0 Å². The van der Waals surface area contributed by atoms with Crippen LogP contribution >= 0.6 is 0 Å². The predicted octanol–water partition coefficient (Wildman–Crippen LogP) is 7.83. The van der Waals surface area contributed by atoms with Crippen molar-refractivity contribution in [2.45, 2.75) is 77.3 Å². The van der Waals surface area contributed by atoms with Gasteiger partial charge in [0.2, 0.25) is 0 Å². The summed E-state index contributed by atoms with van der Waals surface area (Å²) in [4.78, 5) is 16.0. The summed E-state index contributed by atoms with van der Waals surface area (Å²) in [5.41, 5.74) is -4.96. The minimum Gasteiger partial charge on any atom is -0.444 e. The number of alkyl carbamates (subject to hydrolysis) is 1. The first-order chi connectivity index (χ1) is 22.6. The Bertz CT molecular complexity index is 1640. The van der Waals surface area contributed by atoms with Crippen molar-refractivity contribution >= 4 is 17.7 Å². The average molecular weight is 708 g/mol. The summed E-state index contributed by atoms with van der Waals surface area (Å²) in [5.74, 6) is -0.184. The van der Waals surface area contributed by atoms with E-state index in [9.17, 15) is 44.3 Å². The first-order valence-electron chi connectivity index (χ1n) is 15.0. The molecule has 1 aromatic heterocycles. The Morgan fingerprint density at radius 2 is 1.59 bits per heavy atom. The number of benzene rings is 2. The zero-order chi connectivity index (χ0) is 36.5. The van der Waals surface area contributed by atoms with E-state index in [1.54, 1.807) is 26.8 Å². The molecule has 0 fully saturated rings. The second kappa shape index (κ2) is 13.8. The molecule has 0 aliphatic carbocycles. The van der Waals surface area contributed by atoms with Crippen LogP contribution in [0.15, 0.2) is 42.6 Å². The summed E-state index contributed by atoms with van der Waals surface area (Å²) < 4.78 is 131. The first kappa shape index (κ1) is 37.3. The third kappa shape index (κ3) is 9.35. The van der Waals surface area contributed by atoms with Gasteiger partial charge in [-0.1, -0.05) is 24.2 Å². The smallest absolute Gasteiger partial charge is 0.416 e. The number of tetrazole rings is 1. The molecular formula is C31H34F9N7O2. The second-order valence-corrected chi connectivity index (χ2v) is 12.3. The van der Waals surface area contributed by atoms with Gasteiger partial charge in [-0.25, -0.2) is 4.79 Å². The number of hydrogen-bond donors (Lipinski definition) is 1. The normalized spacial score (nSPS) is 15.6. The van der Waals surface area contributed by atoms with Crippen molar-refractivity contribution in [1.82, 2.24) is 25.5 Å². The largest absolute Gasteiger partial charge is 0.444 e. The number of rotatable bonds is 8. The number of carbonyl (C=O) groups is 1. The van der Waals surface area contributed by atoms with Crippen molar-refractivity contribution in [3.63, 3.8) is 0 Å². The molecule has 0 unspecified atom stereocenters. The van der Waals surface area contributed by atoms with Gasteiger partial charge in [0.05, 0.1) is 29.8 Å². The standard InChI is InChI=1S/C31H34F9N7O2/c1-6-19-14-22-24(8-7-10-46(25(22)16-23(19)31(38,39)40)11-9-41-27(48)49-28(2,3)4)47(26-42-44-45(5)43-26)17-18-12-20(29(32,33)34)15-21(13-18)30(35,36)37/h7,10,12-16,24H,6,8-9,11,17H2,1-5H3,(H,41,48)/t24-/m0/s1. The number of fused-ring (bicyclic) bond motifs is 1. The van der Waals surface area contributed by atoms with Crippen molar-refractivity contribution in [3.8, 4) is 0 Å². The molecule has 2 aromatic carbocycles. The molecule has 268 valence electrons. The zero-order valence-corrected chi connectivity index (χ0v) is 27.1. The molecule has 2 heterocycles. The summed E-state index contributed by atoms with van der Waals surface area (Å²) in [6, 6.07) is 2.43. The van der Waals surface area contributed by atoms with Gasteiger partial charge < -0.3 is 19.9 Å². The number of carbonyl (C=O) groups excluding carboxylic acids is 1. The molecule has 1 amide bonds. The number of alkyl halides is 9. The van der Waals surface area contributed by atoms with Gasteiger partial charge in [0.25, 0.3) is 5.95 Å². The van der Waals surface area contributed by atoms with Gasteiger partial charge in [-0.2, -0.15) is 44.3 Å². The summed E-state index contributed by atoms with van der Waals surface area (Å²) >= 11 is 0. The molecule has 0 bridgehead atoms. The molecule has 0 spiro atoms. The van der Waals surface area contributed by atoms with Gasteiger partial charge in [-0.15, -0.1) is 5.10 Å². The lowest BCUT2D eigenvalue weighted by molar-refractivity contribution is -0.143. The van der Waals surface area contributed by atoms with Crippen molar-refractivity contribution in [2.75, 3.05) is 22.9 Å². The Balaban J connectivity index is 1.85. The maximum atomic E-state index is 14.3. The maximum Gasteiger partial charge on any atom is 0.416 e. The third-order valence-electron chi connectivity index (χ3n) is 7.40. The van der Waals surface area contributed by atoms with E-state index in [1.165, 1.54) is 36.0 Å². The molecular weight excluding hydrogens is 673 g/mol. The molecule has 0 saturated carbocycles. The zero-order valence-electron chi connectivity index (χ0n) is 27.1. The predicted molar refractivity (Wildman–Crippen MR) is 160 cm³/mol. The molecule has 0 saturated heterocycles. The summed E-state index contributed by atoms with van der Waals surface area (Å²) in [7, 11) is 1.39. The van der Waals surface area contributed by atoms with E-state index in [1.807, 2.05) is 0 Å². The number of amides is 1. The minimum atomic E-state index is -5.11. The fraction of sp³-hybridized carbons (Fsp3) is 0.484. The molecule has 1 N–H and O–H groups in total. The topological polar surface area (TPSA) is 88.4 Å². The number of ether oxygens (including phenoxy) is 1. The molecule has 1 atom stereocenters. The van der Waals surface area contributed by atoms with Crippen molar-refractivity contribution in [1.29, 1.82) is 0 Å². The summed E-state index contributed by atoms with van der Waals surface area (Å²) in [5, 5.41) is 14.4. The highest BCUT2D eigenvalue weighted by molar-refractivity contribution is 5.68. The van der Waals surface area contributed by atoms with E-state index < -0.39 is 65.1 Å². The minimum absolute atomic E-state index is 0.00742. The third-order valence-corrected chi connectivity index (χ3v) is 7.40. The van der Waals surface area contributed by atoms with Gasteiger partial charge in [0.15, 0.2) is 0 Å². The number of anilines is 2. The Kier molecular flexibility index (Phi) is 10.5. The molecule has 1 aliphatic heterocycles. The van der Waals surface area contributed by atoms with E-state index in [-0.39, 0.29) is 54.8 Å². The summed E-state index contributed by atoms with van der Waals surface area (Å²) in [6.07, 6.45) is -12.7. The van der Waals surface area contributed by atoms with Crippen LogP contribution in [-0.4, -0.2) is 45.0 Å². The van der Waals surface area contributed by atoms with E-state index in [0.29, 0.717) is 12.1 Å². The summed E-state index contributed by atoms with van der Waals surface area (Å²) in [6.45, 7) is 5.82. The SMILES string of the molecule is CCc1cc2c(cc1C(F)(F)F)N(CCNC(=O)OC(C)(C)C)C=CC[C@@H]2N(Cc1cc(C(F)(F)F)cc(C(F)(F)F)c1)c1nnn(C)n1.